The Morgan fingerprint density at radius 2 is 1.92 bits per heavy atom. The van der Waals surface area contributed by atoms with E-state index >= 15 is 0 Å². The summed E-state index contributed by atoms with van der Waals surface area (Å²) < 4.78 is 1.28. The Bertz CT molecular complexity index is 756. The van der Waals surface area contributed by atoms with E-state index in [1.54, 1.807) is 35.2 Å². The summed E-state index contributed by atoms with van der Waals surface area (Å²) in [4.78, 5) is 29.6. The van der Waals surface area contributed by atoms with Crippen LogP contribution in [0.3, 0.4) is 0 Å². The molecular formula is C16H18N6O2. The van der Waals surface area contributed by atoms with Crippen LogP contribution in [0.25, 0.3) is 0 Å². The molecule has 0 fully saturated rings. The number of amides is 2. The van der Waals surface area contributed by atoms with Crippen molar-refractivity contribution >= 4 is 17.5 Å². The number of nitrogens with zero attached hydrogens (tertiary/aromatic N) is 5. The molecule has 0 unspecified atom stereocenters. The van der Waals surface area contributed by atoms with Crippen LogP contribution in [0.2, 0.25) is 0 Å². The first-order valence-corrected chi connectivity index (χ1v) is 7.56. The fourth-order valence-electron chi connectivity index (χ4n) is 2.16. The van der Waals surface area contributed by atoms with Gasteiger partial charge < -0.3 is 10.2 Å². The van der Waals surface area contributed by atoms with Crippen LogP contribution < -0.4 is 5.32 Å². The second-order valence-corrected chi connectivity index (χ2v) is 4.98. The van der Waals surface area contributed by atoms with E-state index in [0.717, 1.165) is 0 Å². The molecule has 0 bridgehead atoms. The molecule has 2 aromatic rings. The zero-order chi connectivity index (χ0) is 17.5. The van der Waals surface area contributed by atoms with Crippen molar-refractivity contribution in [2.75, 3.05) is 18.4 Å². The lowest BCUT2D eigenvalue weighted by molar-refractivity contribution is -0.116. The van der Waals surface area contributed by atoms with Crippen LogP contribution in [0.1, 0.15) is 30.0 Å². The van der Waals surface area contributed by atoms with E-state index in [1.165, 1.54) is 11.0 Å². The molecule has 2 amide bonds. The third kappa shape index (κ3) is 4.16. The number of carbonyl (C=O) groups is 2. The molecule has 24 heavy (non-hydrogen) atoms. The predicted molar refractivity (Wildman–Crippen MR) is 87.1 cm³/mol. The van der Waals surface area contributed by atoms with Gasteiger partial charge in [0.25, 0.3) is 11.7 Å². The van der Waals surface area contributed by atoms with Crippen LogP contribution in [-0.4, -0.2) is 44.6 Å². The summed E-state index contributed by atoms with van der Waals surface area (Å²) in [5.41, 5.74) is 1.16. The Kier molecular flexibility index (Phi) is 5.63. The second-order valence-electron chi connectivity index (χ2n) is 4.98. The fraction of sp³-hybridized carbons (Fsp3) is 0.312. The van der Waals surface area contributed by atoms with Crippen molar-refractivity contribution in [3.05, 3.63) is 42.0 Å². The zero-order valence-corrected chi connectivity index (χ0v) is 13.6. The summed E-state index contributed by atoms with van der Waals surface area (Å²) in [6, 6.07) is 8.51. The number of rotatable bonds is 6. The molecule has 2 rings (SSSR count). The van der Waals surface area contributed by atoms with Gasteiger partial charge in [-0.1, -0.05) is 0 Å². The number of aromatic nitrogens is 3. The van der Waals surface area contributed by atoms with Crippen molar-refractivity contribution in [3.63, 3.8) is 0 Å². The largest absolute Gasteiger partial charge is 0.339 e. The van der Waals surface area contributed by atoms with Gasteiger partial charge in [-0.2, -0.15) is 5.26 Å². The van der Waals surface area contributed by atoms with Gasteiger partial charge in [-0.15, -0.1) is 5.10 Å². The SMILES string of the molecule is CCN(CC)C(=O)c1ccc(NC(=O)Cn2cnc(C#N)n2)cc1. The van der Waals surface area contributed by atoms with Crippen molar-refractivity contribution in [2.45, 2.75) is 20.4 Å². The summed E-state index contributed by atoms with van der Waals surface area (Å²) in [6.45, 7) is 5.11. The van der Waals surface area contributed by atoms with Crippen LogP contribution in [0.5, 0.6) is 0 Å². The maximum absolute atomic E-state index is 12.2. The van der Waals surface area contributed by atoms with Gasteiger partial charge in [0.15, 0.2) is 0 Å². The number of nitrogens with one attached hydrogen (secondary N) is 1. The van der Waals surface area contributed by atoms with Crippen molar-refractivity contribution in [1.82, 2.24) is 19.7 Å². The standard InChI is InChI=1S/C16H18N6O2/c1-3-21(4-2)16(24)12-5-7-13(8-6-12)19-15(23)10-22-11-18-14(9-17)20-22/h5-8,11H,3-4,10H2,1-2H3,(H,19,23). The quantitative estimate of drug-likeness (QED) is 0.861. The van der Waals surface area contributed by atoms with E-state index in [4.69, 9.17) is 5.26 Å². The van der Waals surface area contributed by atoms with Gasteiger partial charge in [0.1, 0.15) is 18.9 Å². The van der Waals surface area contributed by atoms with Gasteiger partial charge >= 0.3 is 0 Å². The fourth-order valence-corrected chi connectivity index (χ4v) is 2.16. The lowest BCUT2D eigenvalue weighted by Crippen LogP contribution is -2.30. The summed E-state index contributed by atoms with van der Waals surface area (Å²) in [7, 11) is 0. The Morgan fingerprint density at radius 1 is 1.25 bits per heavy atom. The number of hydrogen-bond acceptors (Lipinski definition) is 5. The minimum Gasteiger partial charge on any atom is -0.339 e. The lowest BCUT2D eigenvalue weighted by atomic mass is 10.1. The van der Waals surface area contributed by atoms with Crippen molar-refractivity contribution in [1.29, 1.82) is 5.26 Å². The minimum atomic E-state index is -0.299. The van der Waals surface area contributed by atoms with E-state index in [-0.39, 0.29) is 24.2 Å². The van der Waals surface area contributed by atoms with Gasteiger partial charge in [-0.3, -0.25) is 9.59 Å². The normalized spacial score (nSPS) is 10.0. The molecule has 0 spiro atoms. The molecule has 8 heteroatoms. The molecule has 124 valence electrons. The van der Waals surface area contributed by atoms with E-state index in [1.807, 2.05) is 13.8 Å². The average molecular weight is 326 g/mol. The molecule has 0 saturated carbocycles. The highest BCUT2D eigenvalue weighted by Crippen LogP contribution is 2.12. The molecule has 0 saturated heterocycles. The van der Waals surface area contributed by atoms with E-state index in [2.05, 4.69) is 15.4 Å². The van der Waals surface area contributed by atoms with Crippen LogP contribution in [0, 0.1) is 11.3 Å². The van der Waals surface area contributed by atoms with Crippen LogP contribution in [0.15, 0.2) is 30.6 Å². The first kappa shape index (κ1) is 17.1. The number of carbonyl (C=O) groups excluding carboxylic acids is 2. The Labute approximate surface area is 139 Å². The number of nitriles is 1. The van der Waals surface area contributed by atoms with E-state index in [9.17, 15) is 9.59 Å². The molecule has 0 aliphatic carbocycles. The molecule has 0 aliphatic rings. The molecule has 1 aromatic carbocycles. The minimum absolute atomic E-state index is 0.0158. The van der Waals surface area contributed by atoms with Gasteiger partial charge in [0, 0.05) is 24.3 Å². The average Bonchev–Trinajstić information content (AvgIpc) is 3.04. The molecule has 1 N–H and O–H groups in total. The summed E-state index contributed by atoms with van der Waals surface area (Å²) in [5.74, 6) is -0.321. The monoisotopic (exact) mass is 326 g/mol. The third-order valence-corrected chi connectivity index (χ3v) is 3.41. The predicted octanol–water partition coefficient (Wildman–Crippen LogP) is 1.27. The van der Waals surface area contributed by atoms with Crippen molar-refractivity contribution in [3.8, 4) is 6.07 Å². The second kappa shape index (κ2) is 7.87. The number of anilines is 1. The van der Waals surface area contributed by atoms with Crippen molar-refractivity contribution < 1.29 is 9.59 Å². The number of benzene rings is 1. The smallest absolute Gasteiger partial charge is 0.253 e. The topological polar surface area (TPSA) is 104 Å². The van der Waals surface area contributed by atoms with Gasteiger partial charge in [-0.05, 0) is 38.1 Å². The van der Waals surface area contributed by atoms with Gasteiger partial charge in [0.2, 0.25) is 5.91 Å². The Morgan fingerprint density at radius 3 is 2.46 bits per heavy atom. The zero-order valence-electron chi connectivity index (χ0n) is 13.6. The molecule has 0 aliphatic heterocycles. The summed E-state index contributed by atoms with van der Waals surface area (Å²) in [5, 5.41) is 15.2. The van der Waals surface area contributed by atoms with Crippen LogP contribution >= 0.6 is 0 Å². The van der Waals surface area contributed by atoms with Crippen LogP contribution in [-0.2, 0) is 11.3 Å². The molecule has 0 radical (unpaired) electrons. The Balaban J connectivity index is 1.97. The highest BCUT2D eigenvalue weighted by atomic mass is 16.2. The van der Waals surface area contributed by atoms with Gasteiger partial charge in [-0.25, -0.2) is 9.67 Å². The van der Waals surface area contributed by atoms with Gasteiger partial charge in [0.05, 0.1) is 0 Å². The first-order chi connectivity index (χ1) is 11.6. The molecular weight excluding hydrogens is 308 g/mol. The number of hydrogen-bond donors (Lipinski definition) is 1. The first-order valence-electron chi connectivity index (χ1n) is 7.56. The summed E-state index contributed by atoms with van der Waals surface area (Å²) in [6.07, 6.45) is 1.32. The maximum atomic E-state index is 12.2. The molecule has 8 nitrogen and oxygen atoms in total. The van der Waals surface area contributed by atoms with E-state index < -0.39 is 0 Å². The third-order valence-electron chi connectivity index (χ3n) is 3.41. The Hall–Kier alpha value is -3.21. The van der Waals surface area contributed by atoms with E-state index in [0.29, 0.717) is 24.3 Å². The maximum Gasteiger partial charge on any atom is 0.253 e. The van der Waals surface area contributed by atoms with Crippen LogP contribution in [0.4, 0.5) is 5.69 Å². The molecule has 0 atom stereocenters. The summed E-state index contributed by atoms with van der Waals surface area (Å²) >= 11 is 0. The highest BCUT2D eigenvalue weighted by Gasteiger charge is 2.12. The molecule has 1 heterocycles. The highest BCUT2D eigenvalue weighted by molar-refractivity contribution is 5.95. The lowest BCUT2D eigenvalue weighted by Gasteiger charge is -2.18. The van der Waals surface area contributed by atoms with Crippen molar-refractivity contribution in [2.24, 2.45) is 0 Å². The molecule has 1 aromatic heterocycles.